The fraction of sp³-hybridized carbons (Fsp3) is 0.307. The molecule has 0 radical (unpaired) electrons. The Hall–Kier alpha value is -8.68. The minimum Gasteiger partial charge on any atom is -0.491 e. The van der Waals surface area contributed by atoms with Crippen molar-refractivity contribution in [3.63, 3.8) is 0 Å². The van der Waals surface area contributed by atoms with Gasteiger partial charge in [0.15, 0.2) is 17.2 Å². The maximum absolute atomic E-state index is 11.8. The van der Waals surface area contributed by atoms with E-state index in [2.05, 4.69) is 89.2 Å². The summed E-state index contributed by atoms with van der Waals surface area (Å²) < 4.78 is 92.4. The van der Waals surface area contributed by atoms with Crippen molar-refractivity contribution in [2.75, 3.05) is 78.8 Å². The molecule has 21 nitrogen and oxygen atoms in total. The zero-order chi connectivity index (χ0) is 74.0. The predicted octanol–water partition coefficient (Wildman–Crippen LogP) is 15.2. The Labute approximate surface area is 629 Å². The molecule has 0 aliphatic heterocycles. The van der Waals surface area contributed by atoms with Gasteiger partial charge >= 0.3 is 0 Å². The molecule has 3 heterocycles. The summed E-state index contributed by atoms with van der Waals surface area (Å²) in [7, 11) is -8.79. The Kier molecular flexibility index (Phi) is 21.9. The van der Waals surface area contributed by atoms with E-state index < -0.39 is 29.8 Å². The summed E-state index contributed by atoms with van der Waals surface area (Å²) in [5, 5.41) is 41.2. The van der Waals surface area contributed by atoms with Crippen molar-refractivity contribution >= 4 is 144 Å². The monoisotopic (exact) mass is 1560 g/mol. The van der Waals surface area contributed by atoms with Crippen LogP contribution in [0.2, 0.25) is 15.1 Å². The number of anilines is 3. The molecule has 6 saturated carbocycles. The number of sulfonamides is 2. The van der Waals surface area contributed by atoms with Gasteiger partial charge in [-0.15, -0.1) is 23.2 Å². The first-order valence-electron chi connectivity index (χ1n) is 33.0. The van der Waals surface area contributed by atoms with Crippen molar-refractivity contribution in [1.82, 2.24) is 28.5 Å². The van der Waals surface area contributed by atoms with Gasteiger partial charge in [-0.25, -0.2) is 36.2 Å². The van der Waals surface area contributed by atoms with Crippen LogP contribution in [0.25, 0.3) is 55.1 Å². The van der Waals surface area contributed by atoms with Crippen LogP contribution >= 0.6 is 58.0 Å². The molecule has 5 N–H and O–H groups in total. The van der Waals surface area contributed by atoms with E-state index in [-0.39, 0.29) is 47.7 Å². The second-order valence-corrected chi connectivity index (χ2v) is 35.0. The largest absolute Gasteiger partial charge is 0.491 e. The van der Waals surface area contributed by atoms with Crippen LogP contribution in [0.3, 0.4) is 0 Å². The van der Waals surface area contributed by atoms with Gasteiger partial charge in [-0.1, -0.05) is 59.9 Å². The lowest BCUT2D eigenvalue weighted by molar-refractivity contribution is -0.130. The van der Waals surface area contributed by atoms with Gasteiger partial charge in [0.1, 0.15) is 43.8 Å². The van der Waals surface area contributed by atoms with Crippen LogP contribution < -0.4 is 43.7 Å². The molecule has 10 aromatic rings. The van der Waals surface area contributed by atoms with Gasteiger partial charge < -0.3 is 38.7 Å². The Morgan fingerprint density at radius 3 is 1.64 bits per heavy atom. The van der Waals surface area contributed by atoms with Gasteiger partial charge in [-0.3, -0.25) is 8.93 Å². The number of hydrogen-bond acceptors (Lipinski definition) is 16. The summed E-state index contributed by atoms with van der Waals surface area (Å²) in [6.45, 7) is 4.78. The topological polar surface area (TPSA) is 289 Å². The van der Waals surface area contributed by atoms with E-state index in [0.717, 1.165) is 131 Å². The molecule has 6 fully saturated rings. The number of hydrogen-bond donors (Lipinski definition) is 5. The molecule has 29 heteroatoms. The maximum atomic E-state index is 11.8. The third-order valence-electron chi connectivity index (χ3n) is 18.5. The predicted molar refractivity (Wildman–Crippen MR) is 415 cm³/mol. The van der Waals surface area contributed by atoms with E-state index in [4.69, 9.17) is 77.0 Å². The van der Waals surface area contributed by atoms with Crippen molar-refractivity contribution < 1.29 is 40.0 Å². The van der Waals surface area contributed by atoms with Crippen LogP contribution in [0.1, 0.15) is 74.3 Å². The smallest absolute Gasteiger partial charge is 0.236 e. The minimum atomic E-state index is -3.47. The Balaban J connectivity index is 0.000000147. The molecule has 540 valence electrons. The van der Waals surface area contributed by atoms with Crippen LogP contribution in [0.4, 0.5) is 17.3 Å². The summed E-state index contributed by atoms with van der Waals surface area (Å²) in [5.41, 5.74) is 9.45. The van der Waals surface area contributed by atoms with Crippen LogP contribution in [0, 0.1) is 44.8 Å². The lowest BCUT2D eigenvalue weighted by Crippen LogP contribution is -2.76. The van der Waals surface area contributed by atoms with Crippen LogP contribution in [0.15, 0.2) is 146 Å². The van der Waals surface area contributed by atoms with Crippen molar-refractivity contribution in [3.8, 4) is 63.7 Å². The second-order valence-electron chi connectivity index (χ2n) is 27.2. The molecule has 6 aliphatic rings. The Morgan fingerprint density at radius 2 is 1.09 bits per heavy atom. The molecule has 1 atom stereocenters. The fourth-order valence-corrected chi connectivity index (χ4v) is 17.6. The Morgan fingerprint density at radius 1 is 0.558 bits per heavy atom. The van der Waals surface area contributed by atoms with Crippen molar-refractivity contribution in [2.45, 2.75) is 69.6 Å². The number of nitrogens with zero attached hydrogens (tertiary/aromatic N) is 7. The fourth-order valence-electron chi connectivity index (χ4n) is 14.5. The summed E-state index contributed by atoms with van der Waals surface area (Å²) in [6, 6.07) is 47.0. The molecule has 0 spiro atoms. The Bertz CT molecular complexity index is 5450. The summed E-state index contributed by atoms with van der Waals surface area (Å²) >= 11 is 30.7. The van der Waals surface area contributed by atoms with E-state index >= 15 is 0 Å². The SMILES string of the molecule is C=S(C)(=O)NCC12CC(Nc3ccc4c(ccn4-c4cc(Cl)c(OCCCl)c(C#N)c4)c3)(C1)C2.CCCOc1c(Cl)cc(-n2ccc3cc(NCC45CC(NS(C)(=O)=O)(C4)C5)ccc32)cc1C#N.CS(=O)(=O)Nc1nccc(COc2ccc3cc(-c4cc(Cl)c(OCCCl)c(C#N)c4)ccc3c2)n1. The molecule has 4 bridgehead atoms. The second kappa shape index (κ2) is 30.4. The molecule has 16 rings (SSSR count). The van der Waals surface area contributed by atoms with Gasteiger partial charge in [-0.05, 0) is 193 Å². The van der Waals surface area contributed by atoms with E-state index in [9.17, 15) is 36.8 Å². The zero-order valence-electron chi connectivity index (χ0n) is 57.1. The highest BCUT2D eigenvalue weighted by Gasteiger charge is 2.69. The third kappa shape index (κ3) is 17.2. The highest BCUT2D eigenvalue weighted by molar-refractivity contribution is 7.97. The number of fused-ring (bicyclic) bond motifs is 3. The van der Waals surface area contributed by atoms with E-state index in [1.165, 1.54) is 12.5 Å². The van der Waals surface area contributed by atoms with Crippen LogP contribution in [0.5, 0.6) is 23.0 Å². The van der Waals surface area contributed by atoms with E-state index in [1.807, 2.05) is 89.1 Å². The van der Waals surface area contributed by atoms with Gasteiger partial charge in [0, 0.05) is 92.2 Å². The molecule has 6 aliphatic carbocycles. The molecular weight excluding hydrogens is 1490 g/mol. The molecule has 0 amide bonds. The molecular formula is C75H73Cl5N12O9S3. The van der Waals surface area contributed by atoms with Crippen LogP contribution in [-0.2, 0) is 36.4 Å². The van der Waals surface area contributed by atoms with Crippen molar-refractivity contribution in [1.29, 1.82) is 15.8 Å². The molecule has 7 aromatic carbocycles. The molecule has 3 aromatic heterocycles. The number of nitriles is 3. The lowest BCUT2D eigenvalue weighted by atomic mass is 9.39. The number of ether oxygens (including phenoxy) is 4. The highest BCUT2D eigenvalue weighted by atomic mass is 35.5. The number of aromatic nitrogens is 4. The van der Waals surface area contributed by atoms with E-state index in [0.29, 0.717) is 78.8 Å². The number of nitrogens with one attached hydrogen (secondary N) is 5. The zero-order valence-corrected chi connectivity index (χ0v) is 63.3. The first kappa shape index (κ1) is 75.0. The number of alkyl halides is 2. The summed E-state index contributed by atoms with van der Waals surface area (Å²) in [5.74, 6) is 6.03. The average Bonchev–Trinajstić information content (AvgIpc) is 0.765. The number of halogens is 5. The molecule has 1 unspecified atom stereocenters. The van der Waals surface area contributed by atoms with Crippen molar-refractivity contribution in [3.05, 3.63) is 183 Å². The van der Waals surface area contributed by atoms with E-state index in [1.54, 1.807) is 42.7 Å². The first-order valence-corrected chi connectivity index (χ1v) is 41.2. The van der Waals surface area contributed by atoms with Crippen LogP contribution in [-0.4, -0.2) is 121 Å². The normalized spacial score (nSPS) is 19.4. The van der Waals surface area contributed by atoms with Gasteiger partial charge in [-0.2, -0.15) is 15.8 Å². The standard InChI is InChI=1S/C25H20Cl2N4O4S.C25H26Cl2N4O2S.C25H27ClN4O3S/c1-36(32,33)31-25-29-8-6-21(30-25)15-35-22-5-4-16-10-17(2-3-18(16)12-22)19-11-20(14-28)24(23(27)13-19)34-9-7-26;1-34(2,32)29-16-24-13-25(14-24,15-24)30-19-3-4-22-17(9-19)5-7-31(22)20-10-18(12-28)23(21(27)11-20)33-8-6-26;1-3-8-33-23-18(12-27)10-20(11-21(23)26)30-7-6-17-9-19(4-5-22(17)30)28-16-24-13-25(14-24,15-24)29-34(2,31)32/h2-6,8,10-13H,7,9,15H2,1H3,(H,29,30,31);3-5,7,9-11,30H,1,6,8,13-16H2,2H3,(H,29,32);4-7,9-11,28-29H,3,8,13-16H2,1-2H3. The number of rotatable bonds is 27. The first-order chi connectivity index (χ1) is 49.5. The maximum Gasteiger partial charge on any atom is 0.236 e. The van der Waals surface area contributed by atoms with Crippen molar-refractivity contribution in [2.24, 2.45) is 10.8 Å². The van der Waals surface area contributed by atoms with Gasteiger partial charge in [0.25, 0.3) is 0 Å². The molecule has 104 heavy (non-hydrogen) atoms. The quantitative estimate of drug-likeness (QED) is 0.0236. The molecule has 0 saturated heterocycles. The van der Waals surface area contributed by atoms with Gasteiger partial charge in [0.2, 0.25) is 26.0 Å². The summed E-state index contributed by atoms with van der Waals surface area (Å²) in [4.78, 5) is 8.04. The lowest BCUT2D eigenvalue weighted by Gasteiger charge is -2.71. The third-order valence-corrected chi connectivity index (χ3v) is 21.8. The van der Waals surface area contributed by atoms with Gasteiger partial charge in [0.05, 0.1) is 79.4 Å². The summed E-state index contributed by atoms with van der Waals surface area (Å²) in [6.07, 6.45) is 16.0. The minimum absolute atomic E-state index is 0.0112. The highest BCUT2D eigenvalue weighted by Crippen LogP contribution is 2.68. The number of benzene rings is 7. The average molecular weight is 1560 g/mol.